The molecule has 0 atom stereocenters. The molecule has 5 heteroatoms. The van der Waals surface area contributed by atoms with Gasteiger partial charge in [0.25, 0.3) is 0 Å². The van der Waals surface area contributed by atoms with Gasteiger partial charge in [0.15, 0.2) is 5.96 Å². The quantitative estimate of drug-likeness (QED) is 0.366. The smallest absolute Gasteiger partial charge is 0.193 e. The first-order chi connectivity index (χ1) is 10.4. The molecule has 0 heterocycles. The Labute approximate surface area is 139 Å². The summed E-state index contributed by atoms with van der Waals surface area (Å²) < 4.78 is 0. The molecule has 124 valence electrons. The molecule has 0 fully saturated rings. The van der Waals surface area contributed by atoms with Crippen LogP contribution in [0.15, 0.2) is 34.2 Å². The van der Waals surface area contributed by atoms with Gasteiger partial charge in [0.1, 0.15) is 0 Å². The van der Waals surface area contributed by atoms with Crippen molar-refractivity contribution in [2.24, 2.45) is 4.99 Å². The number of hydrogen-bond acceptors (Lipinski definition) is 3. The van der Waals surface area contributed by atoms with Crippen molar-refractivity contribution in [3.63, 3.8) is 0 Å². The Morgan fingerprint density at radius 3 is 2.32 bits per heavy atom. The van der Waals surface area contributed by atoms with Crippen molar-refractivity contribution in [3.05, 3.63) is 29.8 Å². The maximum Gasteiger partial charge on any atom is 0.193 e. The Bertz CT molecular complexity index is 463. The van der Waals surface area contributed by atoms with Crippen LogP contribution in [0.3, 0.4) is 0 Å². The van der Waals surface area contributed by atoms with Crippen molar-refractivity contribution in [3.8, 4) is 0 Å². The molecule has 0 saturated carbocycles. The molecule has 0 radical (unpaired) electrons. The lowest BCUT2D eigenvalue weighted by Crippen LogP contribution is -2.44. The van der Waals surface area contributed by atoms with Gasteiger partial charge in [-0.15, -0.1) is 11.8 Å². The predicted molar refractivity (Wildman–Crippen MR) is 98.8 cm³/mol. The number of benzene rings is 1. The second-order valence-electron chi connectivity index (χ2n) is 6.35. The maximum absolute atomic E-state index is 4.35. The summed E-state index contributed by atoms with van der Waals surface area (Å²) in [5.74, 6) is 0.921. The lowest BCUT2D eigenvalue weighted by Gasteiger charge is -2.24. The highest BCUT2D eigenvalue weighted by atomic mass is 32.2. The molecule has 0 aliphatic heterocycles. The van der Waals surface area contributed by atoms with Crippen LogP contribution in [-0.4, -0.2) is 49.8 Å². The molecular formula is C17H30N4S. The van der Waals surface area contributed by atoms with Crippen molar-refractivity contribution in [2.45, 2.75) is 37.8 Å². The highest BCUT2D eigenvalue weighted by Crippen LogP contribution is 2.15. The van der Waals surface area contributed by atoms with Crippen molar-refractivity contribution in [1.82, 2.24) is 15.5 Å². The summed E-state index contributed by atoms with van der Waals surface area (Å²) in [4.78, 5) is 7.79. The lowest BCUT2D eigenvalue weighted by molar-refractivity contribution is 0.422. The van der Waals surface area contributed by atoms with E-state index in [2.05, 4.69) is 78.9 Å². The van der Waals surface area contributed by atoms with Gasteiger partial charge in [0, 0.05) is 44.2 Å². The first-order valence-electron chi connectivity index (χ1n) is 7.65. The zero-order valence-corrected chi connectivity index (χ0v) is 15.5. The van der Waals surface area contributed by atoms with E-state index in [-0.39, 0.29) is 5.54 Å². The van der Waals surface area contributed by atoms with Crippen molar-refractivity contribution in [1.29, 1.82) is 0 Å². The zero-order chi connectivity index (χ0) is 16.6. The molecule has 0 amide bonds. The molecule has 1 aromatic carbocycles. The minimum absolute atomic E-state index is 0.149. The number of nitrogens with zero attached hydrogens (tertiary/aromatic N) is 2. The summed E-state index contributed by atoms with van der Waals surface area (Å²) in [7, 11) is 3.89. The predicted octanol–water partition coefficient (Wildman–Crippen LogP) is 2.80. The zero-order valence-electron chi connectivity index (χ0n) is 14.7. The van der Waals surface area contributed by atoms with Crippen LogP contribution in [0.1, 0.15) is 26.3 Å². The molecular weight excluding hydrogens is 292 g/mol. The Balaban J connectivity index is 2.45. The summed E-state index contributed by atoms with van der Waals surface area (Å²) in [6.07, 6.45) is 2.10. The van der Waals surface area contributed by atoms with Crippen LogP contribution in [0, 0.1) is 0 Å². The SMILES string of the molecule is CN=C(NCCNC(C)(C)C)N(C)Cc1ccc(SC)cc1. The van der Waals surface area contributed by atoms with E-state index < -0.39 is 0 Å². The van der Waals surface area contributed by atoms with E-state index in [1.807, 2.05) is 7.05 Å². The Kier molecular flexibility index (Phi) is 7.76. The van der Waals surface area contributed by atoms with Gasteiger partial charge in [-0.25, -0.2) is 0 Å². The second kappa shape index (κ2) is 9.06. The van der Waals surface area contributed by atoms with E-state index in [1.54, 1.807) is 11.8 Å². The molecule has 2 N–H and O–H groups in total. The van der Waals surface area contributed by atoms with Crippen LogP contribution in [0.4, 0.5) is 0 Å². The number of nitrogens with one attached hydrogen (secondary N) is 2. The highest BCUT2D eigenvalue weighted by molar-refractivity contribution is 7.98. The first kappa shape index (κ1) is 18.8. The Morgan fingerprint density at radius 1 is 1.18 bits per heavy atom. The average Bonchev–Trinajstić information content (AvgIpc) is 2.47. The third kappa shape index (κ3) is 7.18. The van der Waals surface area contributed by atoms with Gasteiger partial charge in [-0.1, -0.05) is 12.1 Å². The largest absolute Gasteiger partial charge is 0.355 e. The maximum atomic E-state index is 4.35. The molecule has 0 aliphatic rings. The summed E-state index contributed by atoms with van der Waals surface area (Å²) in [6, 6.07) is 8.68. The molecule has 0 aliphatic carbocycles. The van der Waals surface area contributed by atoms with Crippen molar-refractivity contribution >= 4 is 17.7 Å². The van der Waals surface area contributed by atoms with Gasteiger partial charge in [-0.05, 0) is 44.7 Å². The fourth-order valence-electron chi connectivity index (χ4n) is 2.08. The molecule has 0 spiro atoms. The van der Waals surface area contributed by atoms with Gasteiger partial charge in [0.2, 0.25) is 0 Å². The normalized spacial score (nSPS) is 12.4. The van der Waals surface area contributed by atoms with Gasteiger partial charge in [-0.2, -0.15) is 0 Å². The Hall–Kier alpha value is -1.20. The number of rotatable bonds is 6. The van der Waals surface area contributed by atoms with E-state index in [0.717, 1.165) is 25.6 Å². The number of hydrogen-bond donors (Lipinski definition) is 2. The van der Waals surface area contributed by atoms with E-state index in [1.165, 1.54) is 10.5 Å². The van der Waals surface area contributed by atoms with E-state index in [9.17, 15) is 0 Å². The molecule has 0 unspecified atom stereocenters. The Morgan fingerprint density at radius 2 is 1.82 bits per heavy atom. The molecule has 1 rings (SSSR count). The monoisotopic (exact) mass is 322 g/mol. The minimum atomic E-state index is 0.149. The summed E-state index contributed by atoms with van der Waals surface area (Å²) >= 11 is 1.77. The van der Waals surface area contributed by atoms with E-state index in [0.29, 0.717) is 0 Å². The fraction of sp³-hybridized carbons (Fsp3) is 0.588. The van der Waals surface area contributed by atoms with Crippen molar-refractivity contribution in [2.75, 3.05) is 33.4 Å². The molecule has 4 nitrogen and oxygen atoms in total. The lowest BCUT2D eigenvalue weighted by atomic mass is 10.1. The van der Waals surface area contributed by atoms with Gasteiger partial charge >= 0.3 is 0 Å². The van der Waals surface area contributed by atoms with Gasteiger partial charge in [0.05, 0.1) is 0 Å². The molecule has 22 heavy (non-hydrogen) atoms. The summed E-state index contributed by atoms with van der Waals surface area (Å²) in [5, 5.41) is 6.86. The van der Waals surface area contributed by atoms with Crippen molar-refractivity contribution < 1.29 is 0 Å². The van der Waals surface area contributed by atoms with Gasteiger partial charge < -0.3 is 15.5 Å². The standard InChI is InChI=1S/C17H30N4S/c1-17(2,3)20-12-11-19-16(18-4)21(5)13-14-7-9-15(22-6)10-8-14/h7-10,20H,11-13H2,1-6H3,(H,18,19). The van der Waals surface area contributed by atoms with Crippen LogP contribution in [0.2, 0.25) is 0 Å². The number of guanidine groups is 1. The van der Waals surface area contributed by atoms with Crippen LogP contribution in [0.25, 0.3) is 0 Å². The average molecular weight is 323 g/mol. The third-order valence-corrected chi connectivity index (χ3v) is 3.96. The number of aliphatic imine (C=N–C) groups is 1. The van der Waals surface area contributed by atoms with Crippen LogP contribution in [-0.2, 0) is 6.54 Å². The molecule has 1 aromatic rings. The fourth-order valence-corrected chi connectivity index (χ4v) is 2.48. The summed E-state index contributed by atoms with van der Waals surface area (Å²) in [6.45, 7) is 9.14. The molecule has 0 saturated heterocycles. The van der Waals surface area contributed by atoms with Crippen LogP contribution >= 0.6 is 11.8 Å². The molecule has 0 aromatic heterocycles. The topological polar surface area (TPSA) is 39.7 Å². The van der Waals surface area contributed by atoms with Gasteiger partial charge in [-0.3, -0.25) is 4.99 Å². The highest BCUT2D eigenvalue weighted by Gasteiger charge is 2.09. The van der Waals surface area contributed by atoms with Crippen LogP contribution in [0.5, 0.6) is 0 Å². The van der Waals surface area contributed by atoms with Crippen LogP contribution < -0.4 is 10.6 Å². The minimum Gasteiger partial charge on any atom is -0.355 e. The number of thioether (sulfide) groups is 1. The first-order valence-corrected chi connectivity index (χ1v) is 8.88. The van der Waals surface area contributed by atoms with E-state index in [4.69, 9.17) is 0 Å². The summed E-state index contributed by atoms with van der Waals surface area (Å²) in [5.41, 5.74) is 1.44. The second-order valence-corrected chi connectivity index (χ2v) is 7.23. The molecule has 0 bridgehead atoms. The van der Waals surface area contributed by atoms with E-state index >= 15 is 0 Å². The third-order valence-electron chi connectivity index (χ3n) is 3.22.